The lowest BCUT2D eigenvalue weighted by molar-refractivity contribution is -0.122. The van der Waals surface area contributed by atoms with Gasteiger partial charge in [-0.2, -0.15) is 0 Å². The summed E-state index contributed by atoms with van der Waals surface area (Å²) in [5.74, 6) is 1.68. The molecule has 19 heavy (non-hydrogen) atoms. The highest BCUT2D eigenvalue weighted by molar-refractivity contribution is 5.95. The van der Waals surface area contributed by atoms with Crippen LogP contribution >= 0.6 is 0 Å². The first-order valence-electron chi connectivity index (χ1n) is 6.63. The molecule has 5 heteroatoms. The van der Waals surface area contributed by atoms with E-state index in [1.807, 2.05) is 25.2 Å². The van der Waals surface area contributed by atoms with Gasteiger partial charge in [-0.05, 0) is 31.5 Å². The maximum absolute atomic E-state index is 12.4. The van der Waals surface area contributed by atoms with Gasteiger partial charge in [-0.3, -0.25) is 4.79 Å². The second-order valence-electron chi connectivity index (χ2n) is 4.98. The van der Waals surface area contributed by atoms with Gasteiger partial charge in [0, 0.05) is 25.3 Å². The Morgan fingerprint density at radius 2 is 2.21 bits per heavy atom. The third-order valence-corrected chi connectivity index (χ3v) is 3.72. The number of nitrogens with zero attached hydrogens (tertiary/aromatic N) is 1. The number of hydrogen-bond donors (Lipinski definition) is 1. The maximum atomic E-state index is 12.4. The first-order chi connectivity index (χ1) is 9.25. The molecule has 102 valence electrons. The normalized spacial score (nSPS) is 21.2. The van der Waals surface area contributed by atoms with Gasteiger partial charge in [-0.25, -0.2) is 0 Å². The van der Waals surface area contributed by atoms with E-state index in [2.05, 4.69) is 5.32 Å². The highest BCUT2D eigenvalue weighted by Crippen LogP contribution is 2.35. The van der Waals surface area contributed by atoms with Crippen LogP contribution in [0.2, 0.25) is 0 Å². The number of amides is 1. The largest absolute Gasteiger partial charge is 0.454 e. The number of hydrogen-bond acceptors (Lipinski definition) is 4. The quantitative estimate of drug-likeness (QED) is 0.874. The van der Waals surface area contributed by atoms with E-state index in [0.29, 0.717) is 5.75 Å². The predicted octanol–water partition coefficient (Wildman–Crippen LogP) is 1.38. The minimum atomic E-state index is 0.0733. The van der Waals surface area contributed by atoms with E-state index < -0.39 is 0 Å². The van der Waals surface area contributed by atoms with Crippen molar-refractivity contribution in [2.45, 2.75) is 12.8 Å². The van der Waals surface area contributed by atoms with Gasteiger partial charge in [0.05, 0.1) is 5.92 Å². The van der Waals surface area contributed by atoms with Gasteiger partial charge in [0.2, 0.25) is 12.7 Å². The molecule has 0 bridgehead atoms. The average molecular weight is 262 g/mol. The molecule has 1 N–H and O–H groups in total. The molecule has 1 saturated heterocycles. The Balaban J connectivity index is 1.75. The zero-order valence-corrected chi connectivity index (χ0v) is 11.0. The van der Waals surface area contributed by atoms with E-state index >= 15 is 0 Å². The molecule has 0 spiro atoms. The lowest BCUT2D eigenvalue weighted by Gasteiger charge is -2.27. The molecule has 1 aromatic carbocycles. The van der Waals surface area contributed by atoms with Crippen LogP contribution < -0.4 is 19.7 Å². The first-order valence-corrected chi connectivity index (χ1v) is 6.63. The summed E-state index contributed by atoms with van der Waals surface area (Å²) in [5.41, 5.74) is 0.847. The molecule has 3 rings (SSSR count). The van der Waals surface area contributed by atoms with Crippen LogP contribution in [0.5, 0.6) is 11.5 Å². The molecule has 1 fully saturated rings. The molecule has 1 amide bonds. The van der Waals surface area contributed by atoms with Crippen molar-refractivity contribution in [3.05, 3.63) is 18.2 Å². The monoisotopic (exact) mass is 262 g/mol. The van der Waals surface area contributed by atoms with Crippen LogP contribution in [0.25, 0.3) is 0 Å². The van der Waals surface area contributed by atoms with Crippen molar-refractivity contribution in [2.24, 2.45) is 5.92 Å². The van der Waals surface area contributed by atoms with Crippen LogP contribution in [-0.4, -0.2) is 32.8 Å². The molecule has 5 nitrogen and oxygen atoms in total. The Labute approximate surface area is 112 Å². The highest BCUT2D eigenvalue weighted by atomic mass is 16.7. The van der Waals surface area contributed by atoms with Crippen LogP contribution in [0.15, 0.2) is 18.2 Å². The standard InChI is InChI=1S/C14H18N2O3/c1-16(14(17)10-3-2-6-15-8-10)11-4-5-12-13(7-11)19-9-18-12/h4-5,7,10,15H,2-3,6,8-9H2,1H3. The van der Waals surface area contributed by atoms with Crippen LogP contribution in [0.3, 0.4) is 0 Å². The van der Waals surface area contributed by atoms with Gasteiger partial charge in [0.25, 0.3) is 0 Å². The molecule has 1 aromatic rings. The molecule has 2 aliphatic rings. The van der Waals surface area contributed by atoms with Crippen molar-refractivity contribution >= 4 is 11.6 Å². The van der Waals surface area contributed by atoms with Crippen LogP contribution in [0.1, 0.15) is 12.8 Å². The third kappa shape index (κ3) is 2.38. The Bertz CT molecular complexity index is 484. The van der Waals surface area contributed by atoms with Gasteiger partial charge < -0.3 is 19.7 Å². The molecule has 0 aromatic heterocycles. The summed E-state index contributed by atoms with van der Waals surface area (Å²) in [6.07, 6.45) is 2.02. The van der Waals surface area contributed by atoms with E-state index in [0.717, 1.165) is 37.4 Å². The second-order valence-corrected chi connectivity index (χ2v) is 4.98. The van der Waals surface area contributed by atoms with E-state index in [1.165, 1.54) is 0 Å². The maximum Gasteiger partial charge on any atom is 0.231 e. The minimum Gasteiger partial charge on any atom is -0.454 e. The number of carbonyl (C=O) groups excluding carboxylic acids is 1. The topological polar surface area (TPSA) is 50.8 Å². The van der Waals surface area contributed by atoms with Gasteiger partial charge in [-0.1, -0.05) is 0 Å². The van der Waals surface area contributed by atoms with Crippen molar-refractivity contribution < 1.29 is 14.3 Å². The van der Waals surface area contributed by atoms with Crippen molar-refractivity contribution in [3.63, 3.8) is 0 Å². The molecular formula is C14H18N2O3. The summed E-state index contributed by atoms with van der Waals surface area (Å²) in [6.45, 7) is 2.04. The fourth-order valence-corrected chi connectivity index (χ4v) is 2.56. The van der Waals surface area contributed by atoms with Crippen LogP contribution in [0, 0.1) is 5.92 Å². The summed E-state index contributed by atoms with van der Waals surface area (Å²) in [5, 5.41) is 3.27. The van der Waals surface area contributed by atoms with Crippen molar-refractivity contribution in [3.8, 4) is 11.5 Å². The molecule has 0 radical (unpaired) electrons. The van der Waals surface area contributed by atoms with E-state index in [9.17, 15) is 4.79 Å². The fraction of sp³-hybridized carbons (Fsp3) is 0.500. The Morgan fingerprint density at radius 3 is 3.00 bits per heavy atom. The third-order valence-electron chi connectivity index (χ3n) is 3.72. The Hall–Kier alpha value is -1.75. The Kier molecular flexibility index (Phi) is 3.29. The number of ether oxygens (including phenoxy) is 2. The van der Waals surface area contributed by atoms with Gasteiger partial charge in [-0.15, -0.1) is 0 Å². The minimum absolute atomic E-state index is 0.0733. The highest BCUT2D eigenvalue weighted by Gasteiger charge is 2.25. The van der Waals surface area contributed by atoms with Crippen LogP contribution in [-0.2, 0) is 4.79 Å². The van der Waals surface area contributed by atoms with Crippen LogP contribution in [0.4, 0.5) is 5.69 Å². The van der Waals surface area contributed by atoms with Crippen molar-refractivity contribution in [1.29, 1.82) is 0 Å². The summed E-state index contributed by atoms with van der Waals surface area (Å²) in [7, 11) is 1.81. The summed E-state index contributed by atoms with van der Waals surface area (Å²) in [4.78, 5) is 14.1. The lowest BCUT2D eigenvalue weighted by atomic mass is 9.98. The number of nitrogens with one attached hydrogen (secondary N) is 1. The number of rotatable bonds is 2. The SMILES string of the molecule is CN(C(=O)C1CCCNC1)c1ccc2c(c1)OCO2. The Morgan fingerprint density at radius 1 is 1.37 bits per heavy atom. The fourth-order valence-electron chi connectivity index (χ4n) is 2.56. The van der Waals surface area contributed by atoms with Gasteiger partial charge in [0.15, 0.2) is 11.5 Å². The molecule has 1 unspecified atom stereocenters. The second kappa shape index (κ2) is 5.09. The molecule has 1 atom stereocenters. The lowest BCUT2D eigenvalue weighted by Crippen LogP contribution is -2.41. The summed E-state index contributed by atoms with van der Waals surface area (Å²) in [6, 6.07) is 5.60. The van der Waals surface area contributed by atoms with E-state index in [1.54, 1.807) is 4.90 Å². The van der Waals surface area contributed by atoms with Gasteiger partial charge >= 0.3 is 0 Å². The smallest absolute Gasteiger partial charge is 0.231 e. The van der Waals surface area contributed by atoms with Gasteiger partial charge in [0.1, 0.15) is 0 Å². The first kappa shape index (κ1) is 12.3. The number of fused-ring (bicyclic) bond motifs is 1. The zero-order valence-electron chi connectivity index (χ0n) is 11.0. The number of anilines is 1. The number of benzene rings is 1. The molecular weight excluding hydrogens is 244 g/mol. The summed E-state index contributed by atoms with van der Waals surface area (Å²) >= 11 is 0. The number of piperidine rings is 1. The van der Waals surface area contributed by atoms with E-state index in [4.69, 9.17) is 9.47 Å². The molecule has 0 aliphatic carbocycles. The van der Waals surface area contributed by atoms with Crippen molar-refractivity contribution in [2.75, 3.05) is 31.8 Å². The zero-order chi connectivity index (χ0) is 13.2. The average Bonchev–Trinajstić information content (AvgIpc) is 2.94. The molecule has 2 aliphatic heterocycles. The molecule has 0 saturated carbocycles. The van der Waals surface area contributed by atoms with Crippen molar-refractivity contribution in [1.82, 2.24) is 5.32 Å². The molecule has 2 heterocycles. The number of carbonyl (C=O) groups is 1. The summed E-state index contributed by atoms with van der Waals surface area (Å²) < 4.78 is 10.6. The van der Waals surface area contributed by atoms with E-state index in [-0.39, 0.29) is 18.6 Å². The predicted molar refractivity (Wildman–Crippen MR) is 71.6 cm³/mol.